The second kappa shape index (κ2) is 7.82. The van der Waals surface area contributed by atoms with Gasteiger partial charge in [0.25, 0.3) is 0 Å². The normalized spacial score (nSPS) is 14.1. The van der Waals surface area contributed by atoms with Gasteiger partial charge in [-0.3, -0.25) is 4.79 Å². The fourth-order valence-electron chi connectivity index (χ4n) is 3.58. The molecule has 3 rings (SSSR count). The van der Waals surface area contributed by atoms with E-state index >= 15 is 0 Å². The van der Waals surface area contributed by atoms with Crippen LogP contribution in [0.3, 0.4) is 0 Å². The molecule has 4 nitrogen and oxygen atoms in total. The van der Waals surface area contributed by atoms with E-state index in [0.717, 1.165) is 41.2 Å². The summed E-state index contributed by atoms with van der Waals surface area (Å²) in [6, 6.07) is 8.80. The van der Waals surface area contributed by atoms with Gasteiger partial charge in [0.15, 0.2) is 0 Å². The molecular formula is C23H29FN2O2. The second-order valence-electron chi connectivity index (χ2n) is 8.71. The number of halogens is 1. The van der Waals surface area contributed by atoms with E-state index < -0.39 is 0 Å². The number of rotatable bonds is 3. The van der Waals surface area contributed by atoms with Crippen LogP contribution >= 0.6 is 0 Å². The summed E-state index contributed by atoms with van der Waals surface area (Å²) in [4.78, 5) is 14.5. The number of hydrogen-bond acceptors (Lipinski definition) is 3. The van der Waals surface area contributed by atoms with Gasteiger partial charge in [-0.1, -0.05) is 20.8 Å². The molecule has 0 saturated heterocycles. The lowest BCUT2D eigenvalue weighted by Crippen LogP contribution is -2.21. The second-order valence-corrected chi connectivity index (χ2v) is 8.71. The molecule has 0 saturated carbocycles. The smallest absolute Gasteiger partial charge is 0.224 e. The van der Waals surface area contributed by atoms with Crippen LogP contribution in [0.4, 0.5) is 21.5 Å². The first kappa shape index (κ1) is 20.2. The lowest BCUT2D eigenvalue weighted by atomic mass is 9.92. The van der Waals surface area contributed by atoms with Crippen molar-refractivity contribution in [2.24, 2.45) is 5.41 Å². The molecule has 150 valence electrons. The average molecular weight is 384 g/mol. The standard InChI is InChI=1S/C23H29FN2O2/c1-15-11-18(12-16(2)22(15)25-21(27)14-23(3,4)5)26-9-6-10-28-20-13-17(24)7-8-19(20)26/h7-8,11-13H,6,9-10,14H2,1-5H3,(H,25,27). The molecule has 2 aromatic carbocycles. The molecule has 0 bridgehead atoms. The van der Waals surface area contributed by atoms with Crippen molar-refractivity contribution in [1.29, 1.82) is 0 Å². The van der Waals surface area contributed by atoms with Gasteiger partial charge in [0, 0.05) is 30.4 Å². The Balaban J connectivity index is 1.92. The van der Waals surface area contributed by atoms with Gasteiger partial charge in [0.05, 0.1) is 12.3 Å². The molecule has 1 aliphatic heterocycles. The molecule has 1 amide bonds. The third-order valence-corrected chi connectivity index (χ3v) is 4.78. The Labute approximate surface area is 166 Å². The topological polar surface area (TPSA) is 41.6 Å². The molecule has 1 heterocycles. The van der Waals surface area contributed by atoms with Gasteiger partial charge in [-0.2, -0.15) is 0 Å². The highest BCUT2D eigenvalue weighted by Gasteiger charge is 2.21. The Morgan fingerprint density at radius 2 is 1.86 bits per heavy atom. The van der Waals surface area contributed by atoms with Crippen LogP contribution in [0, 0.1) is 25.1 Å². The highest BCUT2D eigenvalue weighted by atomic mass is 19.1. The van der Waals surface area contributed by atoms with Gasteiger partial charge in [0.2, 0.25) is 5.91 Å². The van der Waals surface area contributed by atoms with Crippen LogP contribution in [0.5, 0.6) is 5.75 Å². The van der Waals surface area contributed by atoms with Crippen LogP contribution in [0.15, 0.2) is 30.3 Å². The first-order chi connectivity index (χ1) is 13.1. The van der Waals surface area contributed by atoms with E-state index in [1.54, 1.807) is 6.07 Å². The Morgan fingerprint density at radius 1 is 1.18 bits per heavy atom. The fraction of sp³-hybridized carbons (Fsp3) is 0.435. The zero-order valence-electron chi connectivity index (χ0n) is 17.4. The summed E-state index contributed by atoms with van der Waals surface area (Å²) in [6.07, 6.45) is 1.31. The number of nitrogens with one attached hydrogen (secondary N) is 1. The number of carbonyl (C=O) groups excluding carboxylic acids is 1. The van der Waals surface area contributed by atoms with Gasteiger partial charge in [-0.25, -0.2) is 4.39 Å². The van der Waals surface area contributed by atoms with Crippen LogP contribution in [-0.2, 0) is 4.79 Å². The molecule has 0 spiro atoms. The molecule has 0 radical (unpaired) electrons. The number of benzene rings is 2. The van der Waals surface area contributed by atoms with Gasteiger partial charge in [-0.05, 0) is 61.1 Å². The van der Waals surface area contributed by atoms with E-state index in [0.29, 0.717) is 18.8 Å². The predicted molar refractivity (Wildman–Crippen MR) is 112 cm³/mol. The van der Waals surface area contributed by atoms with E-state index in [4.69, 9.17) is 4.74 Å². The third-order valence-electron chi connectivity index (χ3n) is 4.78. The minimum absolute atomic E-state index is 0.0236. The molecule has 0 aliphatic carbocycles. The number of nitrogens with zero attached hydrogens (tertiary/aromatic N) is 1. The number of anilines is 3. The fourth-order valence-corrected chi connectivity index (χ4v) is 3.58. The number of hydrogen-bond donors (Lipinski definition) is 1. The summed E-state index contributed by atoms with van der Waals surface area (Å²) in [5.74, 6) is 0.288. The lowest BCUT2D eigenvalue weighted by Gasteiger charge is -2.26. The molecule has 0 aromatic heterocycles. The molecule has 28 heavy (non-hydrogen) atoms. The Kier molecular flexibility index (Phi) is 5.64. The zero-order chi connectivity index (χ0) is 20.5. The molecule has 0 unspecified atom stereocenters. The third kappa shape index (κ3) is 4.64. The summed E-state index contributed by atoms with van der Waals surface area (Å²) >= 11 is 0. The number of carbonyl (C=O) groups is 1. The Bertz CT molecular complexity index is 864. The Hall–Kier alpha value is -2.56. The first-order valence-electron chi connectivity index (χ1n) is 9.75. The van der Waals surface area contributed by atoms with Crippen molar-refractivity contribution >= 4 is 23.0 Å². The molecule has 5 heteroatoms. The zero-order valence-corrected chi connectivity index (χ0v) is 17.4. The number of ether oxygens (including phenoxy) is 1. The summed E-state index contributed by atoms with van der Waals surface area (Å²) in [7, 11) is 0. The van der Waals surface area contributed by atoms with Crippen LogP contribution in [0.1, 0.15) is 44.7 Å². The monoisotopic (exact) mass is 384 g/mol. The van der Waals surface area contributed by atoms with E-state index in [1.807, 2.05) is 13.8 Å². The SMILES string of the molecule is Cc1cc(N2CCCOc3cc(F)ccc32)cc(C)c1NC(=O)CC(C)(C)C. The number of amides is 1. The van der Waals surface area contributed by atoms with Gasteiger partial charge in [-0.15, -0.1) is 0 Å². The van der Waals surface area contributed by atoms with Crippen molar-refractivity contribution in [3.8, 4) is 5.75 Å². The van der Waals surface area contributed by atoms with Crippen molar-refractivity contribution in [2.45, 2.75) is 47.5 Å². The maximum atomic E-state index is 13.6. The highest BCUT2D eigenvalue weighted by Crippen LogP contribution is 2.38. The Morgan fingerprint density at radius 3 is 2.50 bits per heavy atom. The van der Waals surface area contributed by atoms with Crippen molar-refractivity contribution in [1.82, 2.24) is 0 Å². The van der Waals surface area contributed by atoms with Gasteiger partial charge in [0.1, 0.15) is 11.6 Å². The van der Waals surface area contributed by atoms with Crippen LogP contribution < -0.4 is 15.0 Å². The quantitative estimate of drug-likeness (QED) is 0.734. The minimum Gasteiger partial charge on any atom is -0.491 e. The van der Waals surface area contributed by atoms with E-state index in [-0.39, 0.29) is 17.1 Å². The van der Waals surface area contributed by atoms with Crippen molar-refractivity contribution in [3.63, 3.8) is 0 Å². The maximum Gasteiger partial charge on any atom is 0.224 e. The van der Waals surface area contributed by atoms with Crippen molar-refractivity contribution in [3.05, 3.63) is 47.3 Å². The largest absolute Gasteiger partial charge is 0.491 e. The van der Waals surface area contributed by atoms with E-state index in [9.17, 15) is 9.18 Å². The summed E-state index contributed by atoms with van der Waals surface area (Å²) in [5, 5.41) is 3.07. The molecule has 2 aromatic rings. The lowest BCUT2D eigenvalue weighted by molar-refractivity contribution is -0.117. The predicted octanol–water partition coefficient (Wildman–Crippen LogP) is 5.74. The van der Waals surface area contributed by atoms with Gasteiger partial charge < -0.3 is 15.0 Å². The molecule has 1 aliphatic rings. The number of aryl methyl sites for hydroxylation is 2. The highest BCUT2D eigenvalue weighted by molar-refractivity contribution is 5.93. The van der Waals surface area contributed by atoms with Crippen molar-refractivity contribution in [2.75, 3.05) is 23.4 Å². The summed E-state index contributed by atoms with van der Waals surface area (Å²) in [6.45, 7) is 11.5. The van der Waals surface area contributed by atoms with Crippen LogP contribution in [0.25, 0.3) is 0 Å². The first-order valence-corrected chi connectivity index (χ1v) is 9.75. The van der Waals surface area contributed by atoms with Crippen molar-refractivity contribution < 1.29 is 13.9 Å². The molecular weight excluding hydrogens is 355 g/mol. The maximum absolute atomic E-state index is 13.6. The summed E-state index contributed by atoms with van der Waals surface area (Å²) in [5.41, 5.74) is 4.70. The van der Waals surface area contributed by atoms with E-state index in [1.165, 1.54) is 12.1 Å². The van der Waals surface area contributed by atoms with E-state index in [2.05, 4.69) is 43.1 Å². The minimum atomic E-state index is -0.301. The average Bonchev–Trinajstić information content (AvgIpc) is 2.78. The van der Waals surface area contributed by atoms with Crippen LogP contribution in [0.2, 0.25) is 0 Å². The molecule has 0 atom stereocenters. The molecule has 0 fully saturated rings. The summed E-state index contributed by atoms with van der Waals surface area (Å²) < 4.78 is 19.4. The van der Waals surface area contributed by atoms with Gasteiger partial charge >= 0.3 is 0 Å². The number of fused-ring (bicyclic) bond motifs is 1. The molecule has 1 N–H and O–H groups in total. The van der Waals surface area contributed by atoms with Crippen LogP contribution in [-0.4, -0.2) is 19.1 Å².